The molecule has 7 nitrogen and oxygen atoms in total. The molecule has 2 N–H and O–H groups in total. The molecule has 0 spiro atoms. The molecule has 0 radical (unpaired) electrons. The highest BCUT2D eigenvalue weighted by atomic mass is 19.4. The van der Waals surface area contributed by atoms with Gasteiger partial charge in [0.2, 0.25) is 5.95 Å². The summed E-state index contributed by atoms with van der Waals surface area (Å²) in [5.74, 6) is 0.844. The number of hydrogen-bond acceptors (Lipinski definition) is 6. The van der Waals surface area contributed by atoms with Crippen LogP contribution in [0.1, 0.15) is 5.56 Å². The maximum atomic E-state index is 13.0. The first-order valence-corrected chi connectivity index (χ1v) is 9.50. The van der Waals surface area contributed by atoms with Gasteiger partial charge in [-0.05, 0) is 42.5 Å². The van der Waals surface area contributed by atoms with E-state index < -0.39 is 11.7 Å². The van der Waals surface area contributed by atoms with Gasteiger partial charge in [0.1, 0.15) is 5.82 Å². The fourth-order valence-corrected chi connectivity index (χ4v) is 3.18. The van der Waals surface area contributed by atoms with Crippen LogP contribution in [0.4, 0.5) is 24.8 Å². The Balaban J connectivity index is 1.39. The number of hydrogen-bond donors (Lipinski definition) is 2. The minimum absolute atomic E-state index is 0.316. The van der Waals surface area contributed by atoms with Crippen molar-refractivity contribution < 1.29 is 13.2 Å². The molecule has 0 aliphatic rings. The lowest BCUT2D eigenvalue weighted by Gasteiger charge is -2.07. The number of aromatic nitrogens is 6. The van der Waals surface area contributed by atoms with Crippen LogP contribution >= 0.6 is 0 Å². The first-order valence-electron chi connectivity index (χ1n) is 9.50. The molecule has 5 rings (SSSR count). The summed E-state index contributed by atoms with van der Waals surface area (Å²) in [6, 6.07) is 14.3. The average Bonchev–Trinajstić information content (AvgIpc) is 3.23. The molecule has 10 heteroatoms. The fraction of sp³-hybridized carbons (Fsp3) is 0.0455. The van der Waals surface area contributed by atoms with Crippen molar-refractivity contribution in [3.05, 3.63) is 78.8 Å². The van der Waals surface area contributed by atoms with Crippen LogP contribution in [0.3, 0.4) is 0 Å². The molecule has 0 aliphatic carbocycles. The minimum Gasteiger partial charge on any atom is -0.338 e. The lowest BCUT2D eigenvalue weighted by atomic mass is 10.2. The van der Waals surface area contributed by atoms with Crippen molar-refractivity contribution in [3.63, 3.8) is 0 Å². The van der Waals surface area contributed by atoms with Gasteiger partial charge in [-0.1, -0.05) is 12.1 Å². The van der Waals surface area contributed by atoms with E-state index in [0.29, 0.717) is 39.8 Å². The van der Waals surface area contributed by atoms with Crippen molar-refractivity contribution in [2.24, 2.45) is 0 Å². The van der Waals surface area contributed by atoms with Gasteiger partial charge in [0, 0.05) is 35.4 Å². The van der Waals surface area contributed by atoms with Gasteiger partial charge in [0.05, 0.1) is 22.3 Å². The van der Waals surface area contributed by atoms with Crippen molar-refractivity contribution in [2.45, 2.75) is 6.18 Å². The third-order valence-electron chi connectivity index (χ3n) is 4.72. The second-order valence-electron chi connectivity index (χ2n) is 6.93. The van der Waals surface area contributed by atoms with Crippen LogP contribution in [0.15, 0.2) is 73.2 Å². The molecule has 0 aliphatic heterocycles. The zero-order valence-corrected chi connectivity index (χ0v) is 16.3. The zero-order chi connectivity index (χ0) is 22.1. The maximum absolute atomic E-state index is 13.0. The van der Waals surface area contributed by atoms with Crippen molar-refractivity contribution in [3.8, 4) is 22.6 Å². The number of fused-ring (bicyclic) bond motifs is 1. The van der Waals surface area contributed by atoms with E-state index in [2.05, 4.69) is 35.5 Å². The number of halogens is 3. The minimum atomic E-state index is -4.41. The zero-order valence-electron chi connectivity index (χ0n) is 16.3. The van der Waals surface area contributed by atoms with E-state index in [1.165, 1.54) is 6.07 Å². The first-order chi connectivity index (χ1) is 15.5. The Kier molecular flexibility index (Phi) is 4.74. The van der Waals surface area contributed by atoms with Gasteiger partial charge in [-0.2, -0.15) is 23.4 Å². The number of benzene rings is 2. The number of nitrogens with one attached hydrogen (secondary N) is 2. The van der Waals surface area contributed by atoms with Crippen LogP contribution in [-0.4, -0.2) is 30.1 Å². The van der Waals surface area contributed by atoms with E-state index in [0.717, 1.165) is 17.7 Å². The number of nitrogens with zero attached hydrogens (tertiary/aromatic N) is 5. The summed E-state index contributed by atoms with van der Waals surface area (Å²) in [4.78, 5) is 16.0. The van der Waals surface area contributed by atoms with Crippen LogP contribution in [0, 0.1) is 0 Å². The summed E-state index contributed by atoms with van der Waals surface area (Å²) < 4.78 is 38.9. The van der Waals surface area contributed by atoms with E-state index in [-0.39, 0.29) is 0 Å². The van der Waals surface area contributed by atoms with Crippen LogP contribution in [0.5, 0.6) is 0 Å². The third-order valence-corrected chi connectivity index (χ3v) is 4.72. The quantitative estimate of drug-likeness (QED) is 0.403. The molecule has 0 unspecified atom stereocenters. The highest BCUT2D eigenvalue weighted by Crippen LogP contribution is 2.32. The SMILES string of the molecule is FC(F)(F)c1ccc2nc(-c3cccc(Nc4ncc(-c5cccnn5)cn4)c3)[nH]c2c1. The molecule has 3 heterocycles. The second kappa shape index (κ2) is 7.73. The molecule has 0 atom stereocenters. The number of H-pyrrole nitrogens is 1. The Labute approximate surface area is 179 Å². The van der Waals surface area contributed by atoms with E-state index in [1.807, 2.05) is 24.3 Å². The van der Waals surface area contributed by atoms with Gasteiger partial charge >= 0.3 is 6.18 Å². The number of rotatable bonds is 4. The van der Waals surface area contributed by atoms with Crippen molar-refractivity contribution in [1.29, 1.82) is 0 Å². The number of aromatic amines is 1. The topological polar surface area (TPSA) is 92.3 Å². The predicted octanol–water partition coefficient (Wildman–Crippen LogP) is 5.24. The van der Waals surface area contributed by atoms with Crippen molar-refractivity contribution in [1.82, 2.24) is 30.1 Å². The Hall–Kier alpha value is -4.34. The lowest BCUT2D eigenvalue weighted by molar-refractivity contribution is -0.137. The van der Waals surface area contributed by atoms with Gasteiger partial charge in [-0.15, -0.1) is 0 Å². The summed E-state index contributed by atoms with van der Waals surface area (Å²) in [6.45, 7) is 0. The molecule has 0 bridgehead atoms. The van der Waals surface area contributed by atoms with Gasteiger partial charge in [-0.3, -0.25) is 0 Å². The molecule has 2 aromatic carbocycles. The molecule has 0 saturated carbocycles. The molecule has 0 saturated heterocycles. The van der Waals surface area contributed by atoms with Crippen LogP contribution in [-0.2, 0) is 6.18 Å². The van der Waals surface area contributed by atoms with Gasteiger partial charge in [0.25, 0.3) is 0 Å². The van der Waals surface area contributed by atoms with Gasteiger partial charge < -0.3 is 10.3 Å². The maximum Gasteiger partial charge on any atom is 0.416 e. The standard InChI is InChI=1S/C22H14F3N7/c23-22(24,25)15-6-7-18-19(10-15)31-20(30-18)13-3-1-4-16(9-13)29-21-26-11-14(12-27-21)17-5-2-8-28-32-17/h1-12H,(H,30,31)(H,26,27,29). The normalized spacial score (nSPS) is 11.6. The highest BCUT2D eigenvalue weighted by molar-refractivity contribution is 5.81. The molecule has 0 amide bonds. The molecule has 158 valence electrons. The van der Waals surface area contributed by atoms with Crippen molar-refractivity contribution >= 4 is 22.7 Å². The van der Waals surface area contributed by atoms with Crippen LogP contribution in [0.2, 0.25) is 0 Å². The summed E-state index contributed by atoms with van der Waals surface area (Å²) >= 11 is 0. The van der Waals surface area contributed by atoms with Gasteiger partial charge in [-0.25, -0.2) is 15.0 Å². The number of alkyl halides is 3. The molecule has 3 aromatic heterocycles. The third kappa shape index (κ3) is 3.97. The Morgan fingerprint density at radius 2 is 1.72 bits per heavy atom. The van der Waals surface area contributed by atoms with E-state index in [9.17, 15) is 13.2 Å². The summed E-state index contributed by atoms with van der Waals surface area (Å²) in [5, 5.41) is 11.0. The Morgan fingerprint density at radius 1 is 0.875 bits per heavy atom. The summed E-state index contributed by atoms with van der Waals surface area (Å²) in [5.41, 5.74) is 2.85. The Bertz CT molecular complexity index is 1380. The first kappa shape index (κ1) is 19.6. The predicted molar refractivity (Wildman–Crippen MR) is 113 cm³/mol. The molecular weight excluding hydrogens is 419 g/mol. The fourth-order valence-electron chi connectivity index (χ4n) is 3.18. The average molecular weight is 433 g/mol. The smallest absolute Gasteiger partial charge is 0.338 e. The molecule has 32 heavy (non-hydrogen) atoms. The van der Waals surface area contributed by atoms with E-state index in [1.54, 1.807) is 30.7 Å². The van der Waals surface area contributed by atoms with Crippen molar-refractivity contribution in [2.75, 3.05) is 5.32 Å². The number of imidazole rings is 1. The molecule has 5 aromatic rings. The molecular formula is C22H14F3N7. The van der Waals surface area contributed by atoms with E-state index >= 15 is 0 Å². The Morgan fingerprint density at radius 3 is 2.47 bits per heavy atom. The second-order valence-corrected chi connectivity index (χ2v) is 6.93. The summed E-state index contributed by atoms with van der Waals surface area (Å²) in [7, 11) is 0. The molecule has 0 fully saturated rings. The van der Waals surface area contributed by atoms with Gasteiger partial charge in [0.15, 0.2) is 0 Å². The van der Waals surface area contributed by atoms with Crippen LogP contribution < -0.4 is 5.32 Å². The monoisotopic (exact) mass is 433 g/mol. The van der Waals surface area contributed by atoms with E-state index in [4.69, 9.17) is 0 Å². The largest absolute Gasteiger partial charge is 0.416 e. The van der Waals surface area contributed by atoms with Crippen LogP contribution in [0.25, 0.3) is 33.7 Å². The lowest BCUT2D eigenvalue weighted by Crippen LogP contribution is -2.04. The summed E-state index contributed by atoms with van der Waals surface area (Å²) in [6.07, 6.45) is 0.456. The highest BCUT2D eigenvalue weighted by Gasteiger charge is 2.30. The number of anilines is 2.